The summed E-state index contributed by atoms with van der Waals surface area (Å²) in [6.45, 7) is 3.87. The molecule has 5 heteroatoms. The van der Waals surface area contributed by atoms with E-state index in [9.17, 15) is 9.90 Å². The van der Waals surface area contributed by atoms with Crippen molar-refractivity contribution in [3.05, 3.63) is 0 Å². The fourth-order valence-electron chi connectivity index (χ4n) is 2.66. The van der Waals surface area contributed by atoms with Crippen molar-refractivity contribution in [2.75, 3.05) is 7.05 Å². The Balaban J connectivity index is 2.78. The average Bonchev–Trinajstić information content (AvgIpc) is 2.27. The van der Waals surface area contributed by atoms with Gasteiger partial charge in [0, 0.05) is 7.05 Å². The highest BCUT2D eigenvalue weighted by Gasteiger charge is 2.34. The van der Waals surface area contributed by atoms with Crippen LogP contribution in [0.2, 0.25) is 0 Å². The summed E-state index contributed by atoms with van der Waals surface area (Å²) < 4.78 is 0. The van der Waals surface area contributed by atoms with Crippen molar-refractivity contribution in [3.8, 4) is 0 Å². The Morgan fingerprint density at radius 3 is 2.39 bits per heavy atom. The van der Waals surface area contributed by atoms with Gasteiger partial charge >= 0.3 is 0 Å². The molecule has 1 saturated carbocycles. The number of likely N-dealkylation sites (N-methyl/N-ethyl adjacent to an activating group) is 1. The van der Waals surface area contributed by atoms with Crippen molar-refractivity contribution in [1.29, 1.82) is 0 Å². The lowest BCUT2D eigenvalue weighted by Gasteiger charge is -2.37. The van der Waals surface area contributed by atoms with Crippen LogP contribution in [0.5, 0.6) is 0 Å². The molecule has 0 aromatic carbocycles. The number of rotatable bonds is 4. The lowest BCUT2D eigenvalue weighted by Crippen LogP contribution is -2.51. The number of nitrogens with zero attached hydrogens (tertiary/aromatic N) is 1. The first kappa shape index (κ1) is 15.4. The Bertz CT molecular complexity index is 320. The first-order chi connectivity index (χ1) is 8.36. The Morgan fingerprint density at radius 2 is 1.94 bits per heavy atom. The van der Waals surface area contributed by atoms with Crippen LogP contribution in [-0.2, 0) is 4.79 Å². The summed E-state index contributed by atoms with van der Waals surface area (Å²) in [6.07, 6.45) is 3.28. The molecule has 0 aromatic heterocycles. The van der Waals surface area contributed by atoms with Crippen LogP contribution < -0.4 is 5.73 Å². The molecule has 4 nitrogen and oxygen atoms in total. The van der Waals surface area contributed by atoms with Crippen LogP contribution in [0.15, 0.2) is 0 Å². The number of carbonyl (C=O) groups is 1. The van der Waals surface area contributed by atoms with Crippen LogP contribution >= 0.6 is 12.2 Å². The Labute approximate surface area is 115 Å². The number of hydrogen-bond donors (Lipinski definition) is 2. The van der Waals surface area contributed by atoms with Gasteiger partial charge in [-0.2, -0.15) is 0 Å². The maximum absolute atomic E-state index is 12.4. The largest absolute Gasteiger partial charge is 0.393 e. The monoisotopic (exact) mass is 272 g/mol. The van der Waals surface area contributed by atoms with Crippen LogP contribution in [0.1, 0.15) is 39.5 Å². The van der Waals surface area contributed by atoms with Crippen LogP contribution in [0.4, 0.5) is 0 Å². The number of carbonyl (C=O) groups excluding carboxylic acids is 1. The van der Waals surface area contributed by atoms with Gasteiger partial charge in [-0.05, 0) is 18.8 Å². The van der Waals surface area contributed by atoms with Crippen molar-refractivity contribution in [3.63, 3.8) is 0 Å². The minimum absolute atomic E-state index is 0.0662. The molecule has 3 atom stereocenters. The van der Waals surface area contributed by atoms with E-state index in [1.165, 1.54) is 0 Å². The number of nitrogens with two attached hydrogens (primary N) is 1. The van der Waals surface area contributed by atoms with E-state index in [0.717, 1.165) is 25.7 Å². The van der Waals surface area contributed by atoms with Crippen molar-refractivity contribution in [1.82, 2.24) is 4.90 Å². The second-order valence-corrected chi connectivity index (χ2v) is 5.96. The predicted molar refractivity (Wildman–Crippen MR) is 76.1 cm³/mol. The standard InChI is InChI=1S/C13H24N2O2S/c1-8(2)11(12(14)18)13(17)15(3)9-6-4-5-7-10(9)16/h8-11,16H,4-7H2,1-3H3,(H2,14,18). The zero-order chi connectivity index (χ0) is 13.9. The molecule has 0 radical (unpaired) electrons. The number of aliphatic hydroxyl groups excluding tert-OH is 1. The Hall–Kier alpha value is -0.680. The zero-order valence-corrected chi connectivity index (χ0v) is 12.2. The van der Waals surface area contributed by atoms with Crippen molar-refractivity contribution < 1.29 is 9.90 Å². The molecule has 0 bridgehead atoms. The normalized spacial score (nSPS) is 25.8. The molecule has 1 rings (SSSR count). The van der Waals surface area contributed by atoms with Gasteiger partial charge in [-0.15, -0.1) is 0 Å². The highest BCUT2D eigenvalue weighted by molar-refractivity contribution is 7.80. The van der Waals surface area contributed by atoms with Gasteiger partial charge in [-0.25, -0.2) is 0 Å². The molecule has 0 heterocycles. The maximum atomic E-state index is 12.4. The first-order valence-electron chi connectivity index (χ1n) is 6.60. The lowest BCUT2D eigenvalue weighted by molar-refractivity contribution is -0.138. The highest BCUT2D eigenvalue weighted by Crippen LogP contribution is 2.25. The molecule has 0 aromatic rings. The molecule has 18 heavy (non-hydrogen) atoms. The molecule has 1 aliphatic carbocycles. The van der Waals surface area contributed by atoms with Crippen molar-refractivity contribution in [2.45, 2.75) is 51.7 Å². The van der Waals surface area contributed by atoms with Gasteiger partial charge in [0.2, 0.25) is 5.91 Å². The van der Waals surface area contributed by atoms with Gasteiger partial charge in [-0.1, -0.05) is 38.9 Å². The Morgan fingerprint density at radius 1 is 1.39 bits per heavy atom. The molecule has 0 aliphatic heterocycles. The van der Waals surface area contributed by atoms with Gasteiger partial charge < -0.3 is 15.7 Å². The third kappa shape index (κ3) is 3.42. The van der Waals surface area contributed by atoms with E-state index in [-0.39, 0.29) is 22.9 Å². The zero-order valence-electron chi connectivity index (χ0n) is 11.4. The van der Waals surface area contributed by atoms with Gasteiger partial charge in [-0.3, -0.25) is 4.79 Å². The lowest BCUT2D eigenvalue weighted by atomic mass is 9.89. The van der Waals surface area contributed by atoms with E-state index in [4.69, 9.17) is 18.0 Å². The summed E-state index contributed by atoms with van der Waals surface area (Å²) in [4.78, 5) is 14.3. The summed E-state index contributed by atoms with van der Waals surface area (Å²) >= 11 is 4.99. The quantitative estimate of drug-likeness (QED) is 0.757. The Kier molecular flexibility index (Phi) is 5.53. The van der Waals surface area contributed by atoms with E-state index >= 15 is 0 Å². The number of amides is 1. The van der Waals surface area contributed by atoms with E-state index in [0.29, 0.717) is 0 Å². The smallest absolute Gasteiger partial charge is 0.232 e. The summed E-state index contributed by atoms with van der Waals surface area (Å²) in [7, 11) is 1.75. The van der Waals surface area contributed by atoms with Gasteiger partial charge in [0.1, 0.15) is 0 Å². The van der Waals surface area contributed by atoms with Gasteiger partial charge in [0.15, 0.2) is 0 Å². The summed E-state index contributed by atoms with van der Waals surface area (Å²) in [6, 6.07) is -0.0955. The average molecular weight is 272 g/mol. The van der Waals surface area contributed by atoms with E-state index < -0.39 is 12.0 Å². The van der Waals surface area contributed by atoms with Gasteiger partial charge in [0.05, 0.1) is 23.1 Å². The topological polar surface area (TPSA) is 66.6 Å². The number of aliphatic hydroxyl groups is 1. The van der Waals surface area contributed by atoms with E-state index in [1.807, 2.05) is 13.8 Å². The fourth-order valence-corrected chi connectivity index (χ4v) is 3.03. The highest BCUT2D eigenvalue weighted by atomic mass is 32.1. The van der Waals surface area contributed by atoms with Gasteiger partial charge in [0.25, 0.3) is 0 Å². The number of thiocarbonyl (C=S) groups is 1. The van der Waals surface area contributed by atoms with Crippen LogP contribution in [0.3, 0.4) is 0 Å². The third-order valence-electron chi connectivity index (χ3n) is 3.78. The second-order valence-electron chi connectivity index (χ2n) is 5.49. The summed E-state index contributed by atoms with van der Waals surface area (Å²) in [5.41, 5.74) is 5.66. The first-order valence-corrected chi connectivity index (χ1v) is 7.01. The van der Waals surface area contributed by atoms with E-state index in [1.54, 1.807) is 11.9 Å². The minimum atomic E-state index is -0.431. The molecule has 1 aliphatic rings. The molecular weight excluding hydrogens is 248 g/mol. The third-order valence-corrected chi connectivity index (χ3v) is 4.03. The van der Waals surface area contributed by atoms with Crippen molar-refractivity contribution >= 4 is 23.1 Å². The summed E-state index contributed by atoms with van der Waals surface area (Å²) in [5.74, 6) is -0.416. The molecular formula is C13H24N2O2S. The minimum Gasteiger partial charge on any atom is -0.393 e. The maximum Gasteiger partial charge on any atom is 0.232 e. The predicted octanol–water partition coefficient (Wildman–Crippen LogP) is 1.31. The molecule has 3 N–H and O–H groups in total. The molecule has 0 saturated heterocycles. The molecule has 3 unspecified atom stereocenters. The fraction of sp³-hybridized carbons (Fsp3) is 0.846. The summed E-state index contributed by atoms with van der Waals surface area (Å²) in [5, 5.41) is 9.99. The number of hydrogen-bond acceptors (Lipinski definition) is 3. The van der Waals surface area contributed by atoms with Crippen LogP contribution in [-0.4, -0.2) is 40.1 Å². The molecule has 104 valence electrons. The SMILES string of the molecule is CC(C)C(C(=O)N(C)C1CCCCC1O)C(N)=S. The molecule has 0 spiro atoms. The van der Waals surface area contributed by atoms with Crippen LogP contribution in [0, 0.1) is 11.8 Å². The van der Waals surface area contributed by atoms with E-state index in [2.05, 4.69) is 0 Å². The second kappa shape index (κ2) is 6.48. The van der Waals surface area contributed by atoms with Crippen molar-refractivity contribution in [2.24, 2.45) is 17.6 Å². The molecule has 1 fully saturated rings. The van der Waals surface area contributed by atoms with Crippen LogP contribution in [0.25, 0.3) is 0 Å². The molecule has 1 amide bonds.